The van der Waals surface area contributed by atoms with Crippen LogP contribution < -0.4 is 4.74 Å². The van der Waals surface area contributed by atoms with Crippen LogP contribution >= 0.6 is 24.0 Å². The van der Waals surface area contributed by atoms with Crippen LogP contribution in [-0.2, 0) is 4.79 Å². The number of likely N-dealkylation sites (N-methyl/N-ethyl adjacent to an activating group) is 1. The van der Waals surface area contributed by atoms with E-state index in [1.807, 2.05) is 37.3 Å². The monoisotopic (exact) mass is 279 g/mol. The minimum absolute atomic E-state index is 0.0427. The van der Waals surface area contributed by atoms with Crippen LogP contribution in [0.15, 0.2) is 29.2 Å². The van der Waals surface area contributed by atoms with Crippen LogP contribution in [0.3, 0.4) is 0 Å². The molecule has 1 aromatic rings. The first kappa shape index (κ1) is 13.1. The zero-order chi connectivity index (χ0) is 13.1. The Bertz CT molecular complexity index is 508. The molecule has 0 aromatic heterocycles. The molecular formula is C13H13NO2S2. The van der Waals surface area contributed by atoms with E-state index in [0.29, 0.717) is 15.8 Å². The number of thioether (sulfide) groups is 1. The molecule has 1 saturated heterocycles. The quantitative estimate of drug-likeness (QED) is 0.628. The maximum absolute atomic E-state index is 11.8. The van der Waals surface area contributed by atoms with Gasteiger partial charge < -0.3 is 4.74 Å². The Morgan fingerprint density at radius 2 is 2.06 bits per heavy atom. The van der Waals surface area contributed by atoms with Gasteiger partial charge in [0.05, 0.1) is 11.5 Å². The van der Waals surface area contributed by atoms with Crippen molar-refractivity contribution in [2.45, 2.75) is 6.92 Å². The summed E-state index contributed by atoms with van der Waals surface area (Å²) in [4.78, 5) is 14.0. The Kier molecular flexibility index (Phi) is 4.04. The van der Waals surface area contributed by atoms with Gasteiger partial charge in [-0.15, -0.1) is 0 Å². The number of thiocarbonyl (C=S) groups is 1. The molecule has 1 aromatic carbocycles. The second-order valence-corrected chi connectivity index (χ2v) is 5.42. The van der Waals surface area contributed by atoms with Gasteiger partial charge in [-0.3, -0.25) is 9.69 Å². The molecule has 0 N–H and O–H groups in total. The molecule has 0 saturated carbocycles. The molecule has 0 bridgehead atoms. The highest BCUT2D eigenvalue weighted by Crippen LogP contribution is 2.31. The number of hydrogen-bond acceptors (Lipinski definition) is 4. The number of benzene rings is 1. The highest BCUT2D eigenvalue weighted by molar-refractivity contribution is 8.26. The molecule has 0 atom stereocenters. The normalized spacial score (nSPS) is 17.7. The van der Waals surface area contributed by atoms with E-state index in [0.717, 1.165) is 11.3 Å². The fourth-order valence-electron chi connectivity index (χ4n) is 1.52. The van der Waals surface area contributed by atoms with E-state index in [4.69, 9.17) is 17.0 Å². The fourth-order valence-corrected chi connectivity index (χ4v) is 2.70. The predicted octanol–water partition coefficient (Wildman–Crippen LogP) is 2.92. The minimum Gasteiger partial charge on any atom is -0.494 e. The van der Waals surface area contributed by atoms with Crippen LogP contribution in [0.2, 0.25) is 0 Å². The molecule has 94 valence electrons. The molecule has 1 amide bonds. The summed E-state index contributed by atoms with van der Waals surface area (Å²) in [6.45, 7) is 2.59. The zero-order valence-corrected chi connectivity index (χ0v) is 11.8. The van der Waals surface area contributed by atoms with Gasteiger partial charge in [0.25, 0.3) is 5.91 Å². The molecule has 1 aliphatic heterocycles. The molecule has 1 fully saturated rings. The van der Waals surface area contributed by atoms with Crippen molar-refractivity contribution in [3.8, 4) is 5.75 Å². The van der Waals surface area contributed by atoms with Crippen molar-refractivity contribution in [2.24, 2.45) is 0 Å². The summed E-state index contributed by atoms with van der Waals surface area (Å²) in [5.74, 6) is 0.788. The first-order valence-corrected chi connectivity index (χ1v) is 6.78. The lowest BCUT2D eigenvalue weighted by Crippen LogP contribution is -2.22. The third-order valence-electron chi connectivity index (χ3n) is 2.48. The summed E-state index contributed by atoms with van der Waals surface area (Å²) in [6.07, 6.45) is 1.85. The SMILES string of the molecule is CCOc1ccc(/C=C2/SC(=S)N(C)C2=O)cc1. The fraction of sp³-hybridized carbons (Fsp3) is 0.231. The van der Waals surface area contributed by atoms with Crippen LogP contribution in [0.25, 0.3) is 6.08 Å². The standard InChI is InChI=1S/C13H13NO2S2/c1-3-16-10-6-4-9(5-7-10)8-11-12(15)14(2)13(17)18-11/h4-8H,3H2,1-2H3/b11-8+. The van der Waals surface area contributed by atoms with Crippen molar-refractivity contribution in [2.75, 3.05) is 13.7 Å². The summed E-state index contributed by atoms with van der Waals surface area (Å²) < 4.78 is 5.96. The first-order chi connectivity index (χ1) is 8.61. The largest absolute Gasteiger partial charge is 0.494 e. The average Bonchev–Trinajstić information content (AvgIpc) is 2.60. The number of hydrogen-bond donors (Lipinski definition) is 0. The molecule has 2 rings (SSSR count). The highest BCUT2D eigenvalue weighted by Gasteiger charge is 2.28. The predicted molar refractivity (Wildman–Crippen MR) is 78.5 cm³/mol. The van der Waals surface area contributed by atoms with Crippen molar-refractivity contribution >= 4 is 40.3 Å². The number of ether oxygens (including phenoxy) is 1. The number of carbonyl (C=O) groups is 1. The van der Waals surface area contributed by atoms with Gasteiger partial charge in [-0.2, -0.15) is 0 Å². The van der Waals surface area contributed by atoms with Gasteiger partial charge in [-0.25, -0.2) is 0 Å². The van der Waals surface area contributed by atoms with Crippen molar-refractivity contribution in [1.82, 2.24) is 4.90 Å². The zero-order valence-electron chi connectivity index (χ0n) is 10.2. The lowest BCUT2D eigenvalue weighted by molar-refractivity contribution is -0.121. The van der Waals surface area contributed by atoms with E-state index in [1.165, 1.54) is 16.7 Å². The van der Waals surface area contributed by atoms with Gasteiger partial charge in [0.15, 0.2) is 0 Å². The third kappa shape index (κ3) is 2.73. The lowest BCUT2D eigenvalue weighted by atomic mass is 10.2. The van der Waals surface area contributed by atoms with Crippen molar-refractivity contribution in [3.05, 3.63) is 34.7 Å². The van der Waals surface area contributed by atoms with Crippen LogP contribution in [0, 0.1) is 0 Å². The maximum Gasteiger partial charge on any atom is 0.265 e. The lowest BCUT2D eigenvalue weighted by Gasteiger charge is -2.04. The van der Waals surface area contributed by atoms with Gasteiger partial charge in [0.1, 0.15) is 10.1 Å². The maximum atomic E-state index is 11.8. The topological polar surface area (TPSA) is 29.5 Å². The van der Waals surface area contributed by atoms with E-state index in [9.17, 15) is 4.79 Å². The highest BCUT2D eigenvalue weighted by atomic mass is 32.2. The van der Waals surface area contributed by atoms with Gasteiger partial charge in [0.2, 0.25) is 0 Å². The summed E-state index contributed by atoms with van der Waals surface area (Å²) in [5.41, 5.74) is 0.965. The number of carbonyl (C=O) groups excluding carboxylic acids is 1. The Balaban J connectivity index is 2.18. The Morgan fingerprint density at radius 1 is 1.39 bits per heavy atom. The molecule has 18 heavy (non-hydrogen) atoms. The summed E-state index contributed by atoms with van der Waals surface area (Å²) in [5, 5.41) is 0. The molecular weight excluding hydrogens is 266 g/mol. The Labute approximate surface area is 116 Å². The number of nitrogens with zero attached hydrogens (tertiary/aromatic N) is 1. The second-order valence-electron chi connectivity index (χ2n) is 3.74. The van der Waals surface area contributed by atoms with E-state index >= 15 is 0 Å². The summed E-state index contributed by atoms with van der Waals surface area (Å²) in [6, 6.07) is 7.63. The van der Waals surface area contributed by atoms with E-state index in [2.05, 4.69) is 0 Å². The average molecular weight is 279 g/mol. The van der Waals surface area contributed by atoms with E-state index in [-0.39, 0.29) is 5.91 Å². The minimum atomic E-state index is -0.0427. The molecule has 3 nitrogen and oxygen atoms in total. The van der Waals surface area contributed by atoms with Gasteiger partial charge in [-0.05, 0) is 30.7 Å². The van der Waals surface area contributed by atoms with Gasteiger partial charge >= 0.3 is 0 Å². The Hall–Kier alpha value is -1.33. The second kappa shape index (κ2) is 5.54. The van der Waals surface area contributed by atoms with Crippen molar-refractivity contribution < 1.29 is 9.53 Å². The molecule has 1 aliphatic rings. The molecule has 1 heterocycles. The molecule has 0 spiro atoms. The third-order valence-corrected chi connectivity index (χ3v) is 3.96. The summed E-state index contributed by atoms with van der Waals surface area (Å²) >= 11 is 6.40. The molecule has 0 radical (unpaired) electrons. The first-order valence-electron chi connectivity index (χ1n) is 5.56. The van der Waals surface area contributed by atoms with E-state index < -0.39 is 0 Å². The van der Waals surface area contributed by atoms with Gasteiger partial charge in [-0.1, -0.05) is 36.1 Å². The van der Waals surface area contributed by atoms with Gasteiger partial charge in [0, 0.05) is 7.05 Å². The summed E-state index contributed by atoms with van der Waals surface area (Å²) in [7, 11) is 1.69. The van der Waals surface area contributed by atoms with E-state index in [1.54, 1.807) is 7.05 Å². The smallest absolute Gasteiger partial charge is 0.265 e. The van der Waals surface area contributed by atoms with Crippen LogP contribution in [-0.4, -0.2) is 28.8 Å². The van der Waals surface area contributed by atoms with Crippen LogP contribution in [0.1, 0.15) is 12.5 Å². The van der Waals surface area contributed by atoms with Crippen LogP contribution in [0.4, 0.5) is 0 Å². The number of rotatable bonds is 3. The molecule has 0 aliphatic carbocycles. The van der Waals surface area contributed by atoms with Crippen molar-refractivity contribution in [1.29, 1.82) is 0 Å². The number of amides is 1. The molecule has 5 heteroatoms. The van der Waals surface area contributed by atoms with Crippen LogP contribution in [0.5, 0.6) is 5.75 Å². The van der Waals surface area contributed by atoms with Crippen molar-refractivity contribution in [3.63, 3.8) is 0 Å². The Morgan fingerprint density at radius 3 is 2.56 bits per heavy atom. The molecule has 0 unspecified atom stereocenters.